The molecule has 1 aromatic carbocycles. The summed E-state index contributed by atoms with van der Waals surface area (Å²) in [5.74, 6) is -1.19. The monoisotopic (exact) mass is 440 g/mol. The van der Waals surface area contributed by atoms with Gasteiger partial charge in [0.1, 0.15) is 6.04 Å². The average molecular weight is 441 g/mol. The Morgan fingerprint density at radius 1 is 1.25 bits per heavy atom. The van der Waals surface area contributed by atoms with Gasteiger partial charge in [0.2, 0.25) is 0 Å². The van der Waals surface area contributed by atoms with Gasteiger partial charge in [0.15, 0.2) is 0 Å². The number of esters is 1. The third-order valence-corrected chi connectivity index (χ3v) is 6.94. The van der Waals surface area contributed by atoms with Crippen LogP contribution >= 0.6 is 34.5 Å². The lowest BCUT2D eigenvalue weighted by Gasteiger charge is -2.31. The number of methoxy groups -OCH3 is 1. The maximum atomic E-state index is 12.7. The quantitative estimate of drug-likeness (QED) is 0.741. The third kappa shape index (κ3) is 3.48. The highest BCUT2D eigenvalue weighted by Crippen LogP contribution is 2.43. The molecule has 1 saturated heterocycles. The van der Waals surface area contributed by atoms with E-state index in [4.69, 9.17) is 32.7 Å². The lowest BCUT2D eigenvalue weighted by Crippen LogP contribution is -2.49. The fourth-order valence-corrected chi connectivity index (χ4v) is 5.08. The SMILES string of the molecule is COC(=O)[C@@H]1NC(=O)c2sc(N3CCOCC3)cc2[C@H]1c1ccc(Cl)c(Cl)c1. The zero-order valence-electron chi connectivity index (χ0n) is 15.0. The molecule has 3 heterocycles. The molecule has 0 aliphatic carbocycles. The molecule has 0 saturated carbocycles. The molecule has 1 fully saturated rings. The minimum Gasteiger partial charge on any atom is -0.467 e. The fraction of sp³-hybridized carbons (Fsp3) is 0.368. The van der Waals surface area contributed by atoms with Crippen LogP contribution in [0.5, 0.6) is 0 Å². The fourth-order valence-electron chi connectivity index (χ4n) is 3.61. The van der Waals surface area contributed by atoms with Crippen molar-refractivity contribution in [2.24, 2.45) is 0 Å². The van der Waals surface area contributed by atoms with Gasteiger partial charge in [0.05, 0.1) is 40.2 Å². The predicted octanol–water partition coefficient (Wildman–Crippen LogP) is 3.31. The van der Waals surface area contributed by atoms with E-state index in [1.165, 1.54) is 18.4 Å². The van der Waals surface area contributed by atoms with Crippen LogP contribution in [0.3, 0.4) is 0 Å². The molecule has 2 aromatic rings. The van der Waals surface area contributed by atoms with Crippen LogP contribution in [0.2, 0.25) is 10.0 Å². The van der Waals surface area contributed by atoms with Gasteiger partial charge in [0.25, 0.3) is 5.91 Å². The Morgan fingerprint density at radius 2 is 2.00 bits per heavy atom. The molecule has 0 radical (unpaired) electrons. The van der Waals surface area contributed by atoms with Crippen LogP contribution in [-0.2, 0) is 14.3 Å². The van der Waals surface area contributed by atoms with Crippen molar-refractivity contribution < 1.29 is 19.1 Å². The molecule has 6 nitrogen and oxygen atoms in total. The molecule has 1 aromatic heterocycles. The predicted molar refractivity (Wildman–Crippen MR) is 109 cm³/mol. The topological polar surface area (TPSA) is 67.9 Å². The molecule has 1 amide bonds. The zero-order chi connectivity index (χ0) is 19.8. The van der Waals surface area contributed by atoms with Crippen LogP contribution < -0.4 is 10.2 Å². The third-order valence-electron chi connectivity index (χ3n) is 4.99. The van der Waals surface area contributed by atoms with E-state index in [2.05, 4.69) is 10.2 Å². The maximum absolute atomic E-state index is 12.7. The van der Waals surface area contributed by atoms with E-state index in [-0.39, 0.29) is 5.91 Å². The van der Waals surface area contributed by atoms with Crippen LogP contribution in [0.4, 0.5) is 5.00 Å². The summed E-state index contributed by atoms with van der Waals surface area (Å²) in [4.78, 5) is 27.9. The van der Waals surface area contributed by atoms with Crippen molar-refractivity contribution in [3.8, 4) is 0 Å². The number of nitrogens with zero attached hydrogens (tertiary/aromatic N) is 1. The van der Waals surface area contributed by atoms with Crippen molar-refractivity contribution in [3.05, 3.63) is 50.3 Å². The molecular formula is C19H18Cl2N2O4S. The van der Waals surface area contributed by atoms with E-state index in [1.54, 1.807) is 12.1 Å². The number of fused-ring (bicyclic) bond motifs is 1. The van der Waals surface area contributed by atoms with Gasteiger partial charge in [0, 0.05) is 19.0 Å². The second-order valence-corrected chi connectivity index (χ2v) is 8.44. The highest BCUT2D eigenvalue weighted by Gasteiger charge is 2.41. The number of hydrogen-bond donors (Lipinski definition) is 1. The largest absolute Gasteiger partial charge is 0.467 e. The summed E-state index contributed by atoms with van der Waals surface area (Å²) in [5.41, 5.74) is 1.58. The number of carbonyl (C=O) groups is 2. The molecule has 9 heteroatoms. The van der Waals surface area contributed by atoms with Crippen molar-refractivity contribution in [3.63, 3.8) is 0 Å². The van der Waals surface area contributed by atoms with Gasteiger partial charge >= 0.3 is 5.97 Å². The number of ether oxygens (including phenoxy) is 2. The molecule has 2 aliphatic heterocycles. The minimum atomic E-state index is -0.839. The lowest BCUT2D eigenvalue weighted by atomic mass is 9.82. The van der Waals surface area contributed by atoms with Crippen molar-refractivity contribution in [1.82, 2.24) is 5.32 Å². The van der Waals surface area contributed by atoms with Crippen molar-refractivity contribution >= 4 is 51.4 Å². The van der Waals surface area contributed by atoms with Crippen LogP contribution in [0.25, 0.3) is 0 Å². The van der Waals surface area contributed by atoms with E-state index in [0.717, 1.165) is 29.2 Å². The molecule has 2 aliphatic rings. The number of amides is 1. The first-order valence-corrected chi connectivity index (χ1v) is 10.4. The molecule has 0 bridgehead atoms. The Balaban J connectivity index is 1.81. The summed E-state index contributed by atoms with van der Waals surface area (Å²) in [5, 5.41) is 4.61. The van der Waals surface area contributed by atoms with E-state index in [1.807, 2.05) is 12.1 Å². The number of nitrogens with one attached hydrogen (secondary N) is 1. The van der Waals surface area contributed by atoms with E-state index < -0.39 is 17.9 Å². The minimum absolute atomic E-state index is 0.272. The highest BCUT2D eigenvalue weighted by atomic mass is 35.5. The smallest absolute Gasteiger partial charge is 0.329 e. The Bertz CT molecular complexity index is 927. The van der Waals surface area contributed by atoms with Crippen molar-refractivity contribution in [2.75, 3.05) is 38.3 Å². The number of halogens is 2. The Kier molecular flexibility index (Phi) is 5.51. The number of thiophene rings is 1. The van der Waals surface area contributed by atoms with Gasteiger partial charge in [-0.3, -0.25) is 4.79 Å². The standard InChI is InChI=1S/C19H18Cl2N2O4S/c1-26-19(25)16-15(10-2-3-12(20)13(21)8-10)11-9-14(23-4-6-27-7-5-23)28-17(11)18(24)22-16/h2-3,8-9,15-16H,4-7H2,1H3,(H,22,24)/t15-,16-/m1/s1. The molecule has 28 heavy (non-hydrogen) atoms. The lowest BCUT2D eigenvalue weighted by molar-refractivity contribution is -0.143. The Hall–Kier alpha value is -1.80. The maximum Gasteiger partial charge on any atom is 0.329 e. The first-order valence-electron chi connectivity index (χ1n) is 8.79. The number of benzene rings is 1. The first kappa shape index (κ1) is 19.5. The average Bonchev–Trinajstić information content (AvgIpc) is 3.16. The summed E-state index contributed by atoms with van der Waals surface area (Å²) < 4.78 is 10.4. The number of hydrogen-bond acceptors (Lipinski definition) is 6. The van der Waals surface area contributed by atoms with Gasteiger partial charge in [-0.1, -0.05) is 29.3 Å². The van der Waals surface area contributed by atoms with Crippen LogP contribution in [0.15, 0.2) is 24.3 Å². The molecule has 1 N–H and O–H groups in total. The first-order chi connectivity index (χ1) is 13.5. The van der Waals surface area contributed by atoms with Gasteiger partial charge < -0.3 is 19.7 Å². The summed E-state index contributed by atoms with van der Waals surface area (Å²) in [7, 11) is 1.31. The van der Waals surface area contributed by atoms with Crippen LogP contribution in [0, 0.1) is 0 Å². The molecule has 4 rings (SSSR count). The summed E-state index contributed by atoms with van der Waals surface area (Å²) >= 11 is 13.7. The van der Waals surface area contributed by atoms with Crippen molar-refractivity contribution in [1.29, 1.82) is 0 Å². The molecule has 0 spiro atoms. The zero-order valence-corrected chi connectivity index (χ0v) is 17.4. The van der Waals surface area contributed by atoms with Crippen LogP contribution in [0.1, 0.15) is 26.7 Å². The van der Waals surface area contributed by atoms with E-state index in [9.17, 15) is 9.59 Å². The second kappa shape index (κ2) is 7.91. The molecular weight excluding hydrogens is 423 g/mol. The Labute approximate surface area is 176 Å². The number of anilines is 1. The van der Waals surface area contributed by atoms with Gasteiger partial charge in [-0.15, -0.1) is 11.3 Å². The molecule has 2 atom stereocenters. The van der Waals surface area contributed by atoms with Crippen molar-refractivity contribution in [2.45, 2.75) is 12.0 Å². The van der Waals surface area contributed by atoms with Gasteiger partial charge in [-0.25, -0.2) is 4.79 Å². The number of rotatable bonds is 3. The number of carbonyl (C=O) groups excluding carboxylic acids is 2. The summed E-state index contributed by atoms with van der Waals surface area (Å²) in [6, 6.07) is 6.40. The van der Waals surface area contributed by atoms with E-state index in [0.29, 0.717) is 28.1 Å². The number of morpholine rings is 1. The summed E-state index contributed by atoms with van der Waals surface area (Å²) in [6.07, 6.45) is 0. The second-order valence-electron chi connectivity index (χ2n) is 6.59. The van der Waals surface area contributed by atoms with E-state index >= 15 is 0 Å². The van der Waals surface area contributed by atoms with Gasteiger partial charge in [-0.2, -0.15) is 0 Å². The molecule has 148 valence electrons. The Morgan fingerprint density at radius 3 is 2.68 bits per heavy atom. The normalized spacial score (nSPS) is 21.8. The molecule has 0 unspecified atom stereocenters. The van der Waals surface area contributed by atoms with Crippen LogP contribution in [-0.4, -0.2) is 51.3 Å². The summed E-state index contributed by atoms with van der Waals surface area (Å²) in [6.45, 7) is 2.82. The highest BCUT2D eigenvalue weighted by molar-refractivity contribution is 7.18. The van der Waals surface area contributed by atoms with Gasteiger partial charge in [-0.05, 0) is 29.3 Å².